The van der Waals surface area contributed by atoms with Gasteiger partial charge in [0.25, 0.3) is 0 Å². The highest BCUT2D eigenvalue weighted by molar-refractivity contribution is 5.44. The molecule has 0 amide bonds. The van der Waals surface area contributed by atoms with Gasteiger partial charge in [-0.05, 0) is 66.5 Å². The molecule has 0 aromatic heterocycles. The summed E-state index contributed by atoms with van der Waals surface area (Å²) >= 11 is 0. The number of benzene rings is 2. The topological polar surface area (TPSA) is 18.5 Å². The first-order valence-corrected chi connectivity index (χ1v) is 9.10. The lowest BCUT2D eigenvalue weighted by Crippen LogP contribution is -2.36. The molecule has 0 aliphatic heterocycles. The van der Waals surface area contributed by atoms with Crippen LogP contribution in [0.15, 0.2) is 61.4 Å². The van der Waals surface area contributed by atoms with Crippen molar-refractivity contribution < 1.29 is 9.47 Å². The van der Waals surface area contributed by atoms with Crippen LogP contribution in [0.2, 0.25) is 0 Å². The van der Waals surface area contributed by atoms with Gasteiger partial charge in [-0.2, -0.15) is 0 Å². The van der Waals surface area contributed by atoms with E-state index in [9.17, 15) is 0 Å². The molecule has 1 aliphatic rings. The fraction of sp³-hybridized carbons (Fsp3) is 0.391. The van der Waals surface area contributed by atoms with Crippen molar-refractivity contribution in [3.05, 3.63) is 72.5 Å². The molecule has 2 unspecified atom stereocenters. The van der Waals surface area contributed by atoms with Crippen molar-refractivity contribution in [3.8, 4) is 11.5 Å². The van der Waals surface area contributed by atoms with Gasteiger partial charge in [-0.25, -0.2) is 0 Å². The number of hydrogen-bond donors (Lipinski definition) is 0. The van der Waals surface area contributed by atoms with Gasteiger partial charge in [0.1, 0.15) is 11.5 Å². The summed E-state index contributed by atoms with van der Waals surface area (Å²) in [7, 11) is 1.72. The van der Waals surface area contributed by atoms with Crippen LogP contribution < -0.4 is 9.47 Å². The van der Waals surface area contributed by atoms with Gasteiger partial charge in [-0.1, -0.05) is 44.7 Å². The Morgan fingerprint density at radius 3 is 1.80 bits per heavy atom. The van der Waals surface area contributed by atoms with Gasteiger partial charge in [-0.15, -0.1) is 0 Å². The van der Waals surface area contributed by atoms with E-state index in [0.717, 1.165) is 11.5 Å². The van der Waals surface area contributed by atoms with E-state index in [0.29, 0.717) is 11.8 Å². The van der Waals surface area contributed by atoms with E-state index in [1.165, 1.54) is 36.7 Å². The third-order valence-electron chi connectivity index (χ3n) is 5.47. The molecule has 132 valence electrons. The highest BCUT2D eigenvalue weighted by atomic mass is 16.5. The average Bonchev–Trinajstić information content (AvgIpc) is 2.62. The van der Waals surface area contributed by atoms with Crippen LogP contribution in [0.4, 0.5) is 0 Å². The molecule has 0 N–H and O–H groups in total. The lowest BCUT2D eigenvalue weighted by molar-refractivity contribution is 0.210. The second-order valence-corrected chi connectivity index (χ2v) is 7.47. The zero-order valence-electron chi connectivity index (χ0n) is 15.5. The minimum Gasteiger partial charge on any atom is -0.497 e. The van der Waals surface area contributed by atoms with Crippen molar-refractivity contribution in [2.75, 3.05) is 7.11 Å². The van der Waals surface area contributed by atoms with Crippen molar-refractivity contribution in [2.24, 2.45) is 11.8 Å². The van der Waals surface area contributed by atoms with Crippen molar-refractivity contribution in [2.45, 2.75) is 38.5 Å². The van der Waals surface area contributed by atoms with Crippen molar-refractivity contribution in [3.63, 3.8) is 0 Å². The molecule has 1 fully saturated rings. The predicted octanol–water partition coefficient (Wildman–Crippen LogP) is 5.96. The normalized spacial score (nSPS) is 26.0. The quantitative estimate of drug-likeness (QED) is 0.627. The molecule has 2 aromatic carbocycles. The number of ether oxygens (including phenoxy) is 2. The Kier molecular flexibility index (Phi) is 5.17. The lowest BCUT2D eigenvalue weighted by Gasteiger charge is -2.44. The summed E-state index contributed by atoms with van der Waals surface area (Å²) < 4.78 is 10.8. The highest BCUT2D eigenvalue weighted by Gasteiger charge is 2.40. The Labute approximate surface area is 151 Å². The first-order valence-electron chi connectivity index (χ1n) is 9.10. The highest BCUT2D eigenvalue weighted by Crippen LogP contribution is 2.49. The lowest BCUT2D eigenvalue weighted by atomic mass is 9.60. The van der Waals surface area contributed by atoms with Gasteiger partial charge in [-0.3, -0.25) is 0 Å². The van der Waals surface area contributed by atoms with Crippen LogP contribution in [0.1, 0.15) is 44.2 Å². The summed E-state index contributed by atoms with van der Waals surface area (Å²) in [6.45, 7) is 8.39. The van der Waals surface area contributed by atoms with Crippen molar-refractivity contribution in [1.29, 1.82) is 0 Å². The minimum absolute atomic E-state index is 0.0517. The minimum atomic E-state index is 0.0517. The van der Waals surface area contributed by atoms with Crippen LogP contribution in [0.5, 0.6) is 11.5 Å². The Morgan fingerprint density at radius 2 is 1.36 bits per heavy atom. The maximum Gasteiger partial charge on any atom is 0.126 e. The summed E-state index contributed by atoms with van der Waals surface area (Å²) in [5, 5.41) is 0. The summed E-state index contributed by atoms with van der Waals surface area (Å²) in [5.41, 5.74) is 2.80. The molecule has 0 radical (unpaired) electrons. The molecule has 0 heterocycles. The average molecular weight is 336 g/mol. The molecule has 3 rings (SSSR count). The standard InChI is InChI=1S/C23H28O2/c1-5-25-22-12-8-20(9-13-22)23(15-17(2)14-18(3)16-23)19-6-10-21(24-4)11-7-19/h5-13,17-18H,1,14-16H2,2-4H3. The van der Waals surface area contributed by atoms with Gasteiger partial charge in [0.2, 0.25) is 0 Å². The van der Waals surface area contributed by atoms with Gasteiger partial charge in [0.15, 0.2) is 0 Å². The largest absolute Gasteiger partial charge is 0.497 e. The Balaban J connectivity index is 2.06. The van der Waals surface area contributed by atoms with E-state index in [2.05, 4.69) is 56.8 Å². The van der Waals surface area contributed by atoms with E-state index < -0.39 is 0 Å². The van der Waals surface area contributed by atoms with E-state index >= 15 is 0 Å². The van der Waals surface area contributed by atoms with Crippen LogP contribution in [-0.2, 0) is 5.41 Å². The van der Waals surface area contributed by atoms with Crippen LogP contribution in [0.3, 0.4) is 0 Å². The number of methoxy groups -OCH3 is 1. The molecule has 0 saturated heterocycles. The fourth-order valence-corrected chi connectivity index (χ4v) is 4.62. The van der Waals surface area contributed by atoms with Gasteiger partial charge in [0, 0.05) is 5.41 Å². The zero-order chi connectivity index (χ0) is 17.9. The first-order chi connectivity index (χ1) is 12.1. The molecule has 0 bridgehead atoms. The molecular weight excluding hydrogens is 308 g/mol. The number of hydrogen-bond acceptors (Lipinski definition) is 2. The third kappa shape index (κ3) is 3.58. The van der Waals surface area contributed by atoms with Crippen LogP contribution in [-0.4, -0.2) is 7.11 Å². The smallest absolute Gasteiger partial charge is 0.126 e. The van der Waals surface area contributed by atoms with E-state index in [-0.39, 0.29) is 5.41 Å². The Morgan fingerprint density at radius 1 is 0.880 bits per heavy atom. The monoisotopic (exact) mass is 336 g/mol. The predicted molar refractivity (Wildman–Crippen MR) is 103 cm³/mol. The molecule has 2 atom stereocenters. The summed E-state index contributed by atoms with van der Waals surface area (Å²) in [5.74, 6) is 3.15. The Bertz CT molecular complexity index is 690. The van der Waals surface area contributed by atoms with E-state index in [1.54, 1.807) is 7.11 Å². The molecule has 0 spiro atoms. The second-order valence-electron chi connectivity index (χ2n) is 7.47. The van der Waals surface area contributed by atoms with Crippen LogP contribution in [0, 0.1) is 11.8 Å². The molecular formula is C23H28O2. The SMILES string of the molecule is C=COc1ccc(C2(c3ccc(OC)cc3)CC(C)CC(C)C2)cc1. The molecule has 1 saturated carbocycles. The van der Waals surface area contributed by atoms with E-state index in [4.69, 9.17) is 9.47 Å². The summed E-state index contributed by atoms with van der Waals surface area (Å²) in [4.78, 5) is 0. The second kappa shape index (κ2) is 7.35. The molecule has 2 aromatic rings. The maximum absolute atomic E-state index is 5.41. The molecule has 25 heavy (non-hydrogen) atoms. The van der Waals surface area contributed by atoms with Crippen molar-refractivity contribution >= 4 is 0 Å². The zero-order valence-corrected chi connectivity index (χ0v) is 15.5. The number of rotatable bonds is 5. The first kappa shape index (κ1) is 17.6. The third-order valence-corrected chi connectivity index (χ3v) is 5.47. The van der Waals surface area contributed by atoms with E-state index in [1.807, 2.05) is 12.1 Å². The summed E-state index contributed by atoms with van der Waals surface area (Å²) in [6, 6.07) is 17.2. The molecule has 2 heteroatoms. The summed E-state index contributed by atoms with van der Waals surface area (Å²) in [6.07, 6.45) is 5.12. The van der Waals surface area contributed by atoms with Crippen LogP contribution in [0.25, 0.3) is 0 Å². The van der Waals surface area contributed by atoms with Crippen molar-refractivity contribution in [1.82, 2.24) is 0 Å². The van der Waals surface area contributed by atoms with Gasteiger partial charge >= 0.3 is 0 Å². The van der Waals surface area contributed by atoms with Gasteiger partial charge in [0.05, 0.1) is 13.4 Å². The maximum atomic E-state index is 5.41. The van der Waals surface area contributed by atoms with Gasteiger partial charge < -0.3 is 9.47 Å². The van der Waals surface area contributed by atoms with Crippen LogP contribution >= 0.6 is 0 Å². The molecule has 1 aliphatic carbocycles. The fourth-order valence-electron chi connectivity index (χ4n) is 4.62. The molecule has 2 nitrogen and oxygen atoms in total. The Hall–Kier alpha value is -2.22.